The van der Waals surface area contributed by atoms with E-state index in [1.54, 1.807) is 18.0 Å². The molecule has 0 saturated heterocycles. The number of hydrogen-bond donors (Lipinski definition) is 2. The van der Waals surface area contributed by atoms with Gasteiger partial charge in [0.25, 0.3) is 5.91 Å². The highest BCUT2D eigenvalue weighted by atomic mass is 35.5. The van der Waals surface area contributed by atoms with Crippen molar-refractivity contribution in [2.24, 2.45) is 0 Å². The summed E-state index contributed by atoms with van der Waals surface area (Å²) in [4.78, 5) is 18.0. The third-order valence-electron chi connectivity index (χ3n) is 2.93. The molecule has 0 bridgehead atoms. The van der Waals surface area contributed by atoms with E-state index in [1.165, 1.54) is 6.20 Å². The number of pyridine rings is 1. The molecule has 6 heteroatoms. The number of nitrogens with one attached hydrogen (secondary N) is 1. The summed E-state index contributed by atoms with van der Waals surface area (Å²) in [5.74, 6) is 0.503. The number of rotatable bonds is 8. The molecule has 0 unspecified atom stereocenters. The first kappa shape index (κ1) is 16.7. The van der Waals surface area contributed by atoms with Crippen LogP contribution in [0.25, 0.3) is 0 Å². The van der Waals surface area contributed by atoms with Gasteiger partial charge in [0, 0.05) is 32.9 Å². The van der Waals surface area contributed by atoms with Gasteiger partial charge in [-0.2, -0.15) is 0 Å². The summed E-state index contributed by atoms with van der Waals surface area (Å²) in [6, 6.07) is 1.64. The number of carbonyl (C=O) groups is 1. The number of aromatic nitrogens is 1. The number of hydrogen-bond acceptors (Lipinski definition) is 4. The fourth-order valence-electron chi connectivity index (χ4n) is 1.81. The number of unbranched alkanes of at least 4 members (excludes halogenated alkanes) is 2. The van der Waals surface area contributed by atoms with Gasteiger partial charge in [-0.15, -0.1) is 0 Å². The van der Waals surface area contributed by atoms with Crippen LogP contribution in [-0.4, -0.2) is 47.6 Å². The highest BCUT2D eigenvalue weighted by Crippen LogP contribution is 2.20. The van der Waals surface area contributed by atoms with Gasteiger partial charge in [0.15, 0.2) is 0 Å². The number of anilines is 1. The lowest BCUT2D eigenvalue weighted by atomic mass is 10.2. The Kier molecular flexibility index (Phi) is 7.33. The van der Waals surface area contributed by atoms with Crippen molar-refractivity contribution >= 4 is 23.3 Å². The van der Waals surface area contributed by atoms with Crippen molar-refractivity contribution in [3.05, 3.63) is 22.8 Å². The SMILES string of the molecule is CCNc1ncc(C(=O)N(C)CCCCCO)cc1Cl. The smallest absolute Gasteiger partial charge is 0.255 e. The van der Waals surface area contributed by atoms with E-state index in [1.807, 2.05) is 6.92 Å². The molecule has 112 valence electrons. The maximum absolute atomic E-state index is 12.2. The largest absolute Gasteiger partial charge is 0.396 e. The quantitative estimate of drug-likeness (QED) is 0.724. The van der Waals surface area contributed by atoms with E-state index in [4.69, 9.17) is 16.7 Å². The number of halogens is 1. The Hall–Kier alpha value is -1.33. The third-order valence-corrected chi connectivity index (χ3v) is 3.22. The van der Waals surface area contributed by atoms with Gasteiger partial charge in [-0.3, -0.25) is 4.79 Å². The van der Waals surface area contributed by atoms with Crippen molar-refractivity contribution in [1.82, 2.24) is 9.88 Å². The van der Waals surface area contributed by atoms with Crippen LogP contribution in [0.3, 0.4) is 0 Å². The Morgan fingerprint density at radius 1 is 1.45 bits per heavy atom. The second kappa shape index (κ2) is 8.76. The summed E-state index contributed by atoms with van der Waals surface area (Å²) in [6.45, 7) is 3.54. The first-order chi connectivity index (χ1) is 9.60. The molecule has 1 aromatic heterocycles. The van der Waals surface area contributed by atoms with Gasteiger partial charge in [-0.1, -0.05) is 11.6 Å². The van der Waals surface area contributed by atoms with E-state index in [0.717, 1.165) is 25.8 Å². The molecule has 0 fully saturated rings. The topological polar surface area (TPSA) is 65.5 Å². The molecule has 0 aromatic carbocycles. The van der Waals surface area contributed by atoms with E-state index in [2.05, 4.69) is 10.3 Å². The van der Waals surface area contributed by atoms with Gasteiger partial charge in [-0.05, 0) is 32.3 Å². The minimum Gasteiger partial charge on any atom is -0.396 e. The van der Waals surface area contributed by atoms with Crippen LogP contribution in [0.2, 0.25) is 5.02 Å². The van der Waals surface area contributed by atoms with Crippen molar-refractivity contribution in [2.75, 3.05) is 32.1 Å². The molecule has 0 atom stereocenters. The van der Waals surface area contributed by atoms with E-state index in [-0.39, 0.29) is 12.5 Å². The summed E-state index contributed by atoms with van der Waals surface area (Å²) in [7, 11) is 1.76. The molecule has 1 aromatic rings. The number of nitrogens with zero attached hydrogens (tertiary/aromatic N) is 2. The molecule has 20 heavy (non-hydrogen) atoms. The highest BCUT2D eigenvalue weighted by molar-refractivity contribution is 6.33. The van der Waals surface area contributed by atoms with Crippen LogP contribution in [0.4, 0.5) is 5.82 Å². The van der Waals surface area contributed by atoms with E-state index in [9.17, 15) is 4.79 Å². The van der Waals surface area contributed by atoms with E-state index < -0.39 is 0 Å². The molecule has 0 aliphatic rings. The van der Waals surface area contributed by atoms with Crippen LogP contribution >= 0.6 is 11.6 Å². The standard InChI is InChI=1S/C14H22ClN3O2/c1-3-16-13-12(15)9-11(10-17-13)14(20)18(2)7-5-4-6-8-19/h9-10,19H,3-8H2,1-2H3,(H,16,17). The summed E-state index contributed by atoms with van der Waals surface area (Å²) in [5, 5.41) is 12.2. The monoisotopic (exact) mass is 299 g/mol. The van der Waals surface area contributed by atoms with Crippen LogP contribution < -0.4 is 5.32 Å². The highest BCUT2D eigenvalue weighted by Gasteiger charge is 2.13. The van der Waals surface area contributed by atoms with Crippen LogP contribution in [0.1, 0.15) is 36.5 Å². The lowest BCUT2D eigenvalue weighted by Crippen LogP contribution is -2.28. The Morgan fingerprint density at radius 3 is 2.80 bits per heavy atom. The normalized spacial score (nSPS) is 10.4. The van der Waals surface area contributed by atoms with Crippen LogP contribution in [0.15, 0.2) is 12.3 Å². The lowest BCUT2D eigenvalue weighted by Gasteiger charge is -2.17. The van der Waals surface area contributed by atoms with Crippen molar-refractivity contribution < 1.29 is 9.90 Å². The van der Waals surface area contributed by atoms with Crippen LogP contribution in [0.5, 0.6) is 0 Å². The summed E-state index contributed by atoms with van der Waals surface area (Å²) in [6.07, 6.45) is 4.09. The van der Waals surface area contributed by atoms with Gasteiger partial charge >= 0.3 is 0 Å². The van der Waals surface area contributed by atoms with E-state index in [0.29, 0.717) is 22.9 Å². The first-order valence-electron chi connectivity index (χ1n) is 6.85. The maximum atomic E-state index is 12.2. The summed E-state index contributed by atoms with van der Waals surface area (Å²) >= 11 is 6.08. The summed E-state index contributed by atoms with van der Waals surface area (Å²) < 4.78 is 0. The molecule has 0 saturated carbocycles. The van der Waals surface area contributed by atoms with Gasteiger partial charge in [0.2, 0.25) is 0 Å². The zero-order valence-corrected chi connectivity index (χ0v) is 12.8. The van der Waals surface area contributed by atoms with Crippen molar-refractivity contribution in [3.8, 4) is 0 Å². The second-order valence-corrected chi connectivity index (χ2v) is 5.00. The van der Waals surface area contributed by atoms with Gasteiger partial charge in [0.1, 0.15) is 5.82 Å². The van der Waals surface area contributed by atoms with Gasteiger partial charge in [0.05, 0.1) is 10.6 Å². The molecule has 0 aliphatic carbocycles. The molecule has 1 rings (SSSR count). The number of carbonyl (C=O) groups excluding carboxylic acids is 1. The maximum Gasteiger partial charge on any atom is 0.255 e. The fraction of sp³-hybridized carbons (Fsp3) is 0.571. The van der Waals surface area contributed by atoms with E-state index >= 15 is 0 Å². The Bertz CT molecular complexity index is 440. The van der Waals surface area contributed by atoms with Gasteiger partial charge in [-0.25, -0.2) is 4.98 Å². The van der Waals surface area contributed by atoms with Crippen molar-refractivity contribution in [3.63, 3.8) is 0 Å². The molecular formula is C14H22ClN3O2. The number of amides is 1. The Morgan fingerprint density at radius 2 is 2.20 bits per heavy atom. The van der Waals surface area contributed by atoms with Crippen LogP contribution in [-0.2, 0) is 0 Å². The Balaban J connectivity index is 2.60. The molecule has 1 heterocycles. The van der Waals surface area contributed by atoms with Crippen molar-refractivity contribution in [2.45, 2.75) is 26.2 Å². The molecular weight excluding hydrogens is 278 g/mol. The number of aliphatic hydroxyl groups excluding tert-OH is 1. The van der Waals surface area contributed by atoms with Crippen molar-refractivity contribution in [1.29, 1.82) is 0 Å². The Labute approximate surface area is 125 Å². The van der Waals surface area contributed by atoms with Gasteiger partial charge < -0.3 is 15.3 Å². The molecule has 0 aliphatic heterocycles. The third kappa shape index (κ3) is 4.98. The molecule has 1 amide bonds. The summed E-state index contributed by atoms with van der Waals surface area (Å²) in [5.41, 5.74) is 0.487. The zero-order valence-electron chi connectivity index (χ0n) is 12.0. The first-order valence-corrected chi connectivity index (χ1v) is 7.23. The second-order valence-electron chi connectivity index (χ2n) is 4.60. The molecule has 0 radical (unpaired) electrons. The predicted molar refractivity (Wildman–Crippen MR) is 81.3 cm³/mol. The molecule has 5 nitrogen and oxygen atoms in total. The molecule has 2 N–H and O–H groups in total. The fourth-order valence-corrected chi connectivity index (χ4v) is 2.05. The number of aliphatic hydroxyl groups is 1. The average molecular weight is 300 g/mol. The zero-order chi connectivity index (χ0) is 15.0. The molecule has 0 spiro atoms. The minimum atomic E-state index is -0.0913. The average Bonchev–Trinajstić information content (AvgIpc) is 2.45. The van der Waals surface area contributed by atoms with Crippen LogP contribution in [0, 0.1) is 0 Å². The predicted octanol–water partition coefficient (Wildman–Crippen LogP) is 2.40. The lowest BCUT2D eigenvalue weighted by molar-refractivity contribution is 0.0792. The minimum absolute atomic E-state index is 0.0913.